The van der Waals surface area contributed by atoms with E-state index < -0.39 is 10.0 Å². The van der Waals surface area contributed by atoms with E-state index >= 15 is 0 Å². The third-order valence-corrected chi connectivity index (χ3v) is 5.78. The molecule has 0 aliphatic carbocycles. The molecule has 1 aliphatic rings. The quantitative estimate of drug-likeness (QED) is 0.887. The van der Waals surface area contributed by atoms with Crippen LogP contribution in [0.3, 0.4) is 0 Å². The predicted octanol–water partition coefficient (Wildman–Crippen LogP) is 0.761. The number of hydrogen-bond acceptors (Lipinski definition) is 4. The number of likely N-dealkylation sites (N-methyl/N-ethyl adjacent to an activating group) is 1. The van der Waals surface area contributed by atoms with Gasteiger partial charge < -0.3 is 10.2 Å². The van der Waals surface area contributed by atoms with Crippen molar-refractivity contribution in [1.82, 2.24) is 14.5 Å². The summed E-state index contributed by atoms with van der Waals surface area (Å²) < 4.78 is 27.0. The molecule has 2 rings (SSSR count). The van der Waals surface area contributed by atoms with E-state index in [9.17, 15) is 13.2 Å². The van der Waals surface area contributed by atoms with Gasteiger partial charge in [-0.1, -0.05) is 6.07 Å². The van der Waals surface area contributed by atoms with Crippen LogP contribution < -0.4 is 5.32 Å². The molecule has 1 N–H and O–H groups in total. The molecule has 1 atom stereocenters. The highest BCUT2D eigenvalue weighted by molar-refractivity contribution is 7.89. The van der Waals surface area contributed by atoms with Crippen LogP contribution in [-0.4, -0.2) is 63.8 Å². The van der Waals surface area contributed by atoms with E-state index in [1.165, 1.54) is 15.3 Å². The Morgan fingerprint density at radius 2 is 2.09 bits per heavy atom. The van der Waals surface area contributed by atoms with Crippen molar-refractivity contribution in [2.75, 3.05) is 34.2 Å². The Morgan fingerprint density at radius 1 is 1.36 bits per heavy atom. The molecule has 0 radical (unpaired) electrons. The van der Waals surface area contributed by atoms with Crippen molar-refractivity contribution in [3.8, 4) is 0 Å². The third kappa shape index (κ3) is 3.48. The maximum atomic E-state index is 12.8. The molecule has 1 aromatic rings. The highest BCUT2D eigenvalue weighted by Gasteiger charge is 2.30. The lowest BCUT2D eigenvalue weighted by Crippen LogP contribution is -2.46. The van der Waals surface area contributed by atoms with Gasteiger partial charge in [-0.05, 0) is 38.1 Å². The zero-order chi connectivity index (χ0) is 16.3. The van der Waals surface area contributed by atoms with Crippen molar-refractivity contribution in [1.29, 1.82) is 0 Å². The number of rotatable bonds is 4. The van der Waals surface area contributed by atoms with Gasteiger partial charge in [0.25, 0.3) is 5.91 Å². The molecule has 0 aromatic heterocycles. The Balaban J connectivity index is 2.30. The fraction of sp³-hybridized carbons (Fsp3) is 0.533. The van der Waals surface area contributed by atoms with Gasteiger partial charge in [0.15, 0.2) is 0 Å². The highest BCUT2D eigenvalue weighted by Crippen LogP contribution is 2.21. The van der Waals surface area contributed by atoms with Gasteiger partial charge in [0.1, 0.15) is 0 Å². The molecule has 1 aromatic carbocycles. The van der Waals surface area contributed by atoms with Crippen LogP contribution in [0.4, 0.5) is 0 Å². The number of carbonyl (C=O) groups is 1. The van der Waals surface area contributed by atoms with Crippen molar-refractivity contribution in [2.45, 2.75) is 23.8 Å². The first-order chi connectivity index (χ1) is 10.4. The fourth-order valence-corrected chi connectivity index (χ4v) is 4.16. The van der Waals surface area contributed by atoms with Gasteiger partial charge in [-0.3, -0.25) is 4.79 Å². The summed E-state index contributed by atoms with van der Waals surface area (Å²) >= 11 is 0. The average Bonchev–Trinajstić information content (AvgIpc) is 2.54. The smallest absolute Gasteiger partial charge is 0.253 e. The Bertz CT molecular complexity index is 643. The summed E-state index contributed by atoms with van der Waals surface area (Å²) in [5.74, 6) is -0.205. The second-order valence-electron chi connectivity index (χ2n) is 5.72. The summed E-state index contributed by atoms with van der Waals surface area (Å²) in [5, 5.41) is 3.14. The van der Waals surface area contributed by atoms with E-state index in [-0.39, 0.29) is 16.8 Å². The van der Waals surface area contributed by atoms with Crippen molar-refractivity contribution in [3.05, 3.63) is 29.8 Å². The molecule has 1 amide bonds. The SMILES string of the molecule is CNC1CCCN(S(=O)(=O)c2cccc(C(=O)N(C)C)c2)C1. The van der Waals surface area contributed by atoms with Gasteiger partial charge in [-0.2, -0.15) is 4.31 Å². The van der Waals surface area contributed by atoms with E-state index in [4.69, 9.17) is 0 Å². The third-order valence-electron chi connectivity index (χ3n) is 3.92. The van der Waals surface area contributed by atoms with Crippen LogP contribution >= 0.6 is 0 Å². The molecule has 0 saturated carbocycles. The highest BCUT2D eigenvalue weighted by atomic mass is 32.2. The largest absolute Gasteiger partial charge is 0.345 e. The van der Waals surface area contributed by atoms with Crippen molar-refractivity contribution >= 4 is 15.9 Å². The normalized spacial score (nSPS) is 19.9. The minimum atomic E-state index is -3.56. The molecule has 1 aliphatic heterocycles. The van der Waals surface area contributed by atoms with Crippen LogP contribution in [-0.2, 0) is 10.0 Å². The molecular weight excluding hydrogens is 302 g/mol. The summed E-state index contributed by atoms with van der Waals surface area (Å²) in [6, 6.07) is 6.43. The first-order valence-corrected chi connectivity index (χ1v) is 8.79. The topological polar surface area (TPSA) is 69.7 Å². The molecular formula is C15H23N3O3S. The molecule has 1 unspecified atom stereocenters. The Hall–Kier alpha value is -1.44. The number of nitrogens with one attached hydrogen (secondary N) is 1. The van der Waals surface area contributed by atoms with Crippen LogP contribution in [0.1, 0.15) is 23.2 Å². The van der Waals surface area contributed by atoms with Crippen LogP contribution in [0.15, 0.2) is 29.2 Å². The van der Waals surface area contributed by atoms with Gasteiger partial charge >= 0.3 is 0 Å². The predicted molar refractivity (Wildman–Crippen MR) is 85.3 cm³/mol. The van der Waals surface area contributed by atoms with E-state index in [1.54, 1.807) is 32.3 Å². The molecule has 6 nitrogen and oxygen atoms in total. The Labute approximate surface area is 132 Å². The second kappa shape index (κ2) is 6.76. The van der Waals surface area contributed by atoms with Gasteiger partial charge in [-0.15, -0.1) is 0 Å². The van der Waals surface area contributed by atoms with E-state index in [2.05, 4.69) is 5.32 Å². The monoisotopic (exact) mass is 325 g/mol. The lowest BCUT2D eigenvalue weighted by Gasteiger charge is -2.31. The fourth-order valence-electron chi connectivity index (χ4n) is 2.59. The second-order valence-corrected chi connectivity index (χ2v) is 7.66. The summed E-state index contributed by atoms with van der Waals surface area (Å²) in [4.78, 5) is 13.6. The van der Waals surface area contributed by atoms with Crippen LogP contribution in [0.25, 0.3) is 0 Å². The summed E-state index contributed by atoms with van der Waals surface area (Å²) in [7, 11) is 1.57. The number of benzene rings is 1. The zero-order valence-corrected chi connectivity index (χ0v) is 14.1. The minimum absolute atomic E-state index is 0.176. The Morgan fingerprint density at radius 3 is 2.73 bits per heavy atom. The van der Waals surface area contributed by atoms with Gasteiger partial charge in [0, 0.05) is 38.8 Å². The number of hydrogen-bond donors (Lipinski definition) is 1. The Kier molecular flexibility index (Phi) is 5.20. The van der Waals surface area contributed by atoms with Crippen LogP contribution in [0, 0.1) is 0 Å². The lowest BCUT2D eigenvalue weighted by molar-refractivity contribution is 0.0827. The number of carbonyl (C=O) groups excluding carboxylic acids is 1. The first-order valence-electron chi connectivity index (χ1n) is 7.35. The minimum Gasteiger partial charge on any atom is -0.345 e. The van der Waals surface area contributed by atoms with Crippen molar-refractivity contribution in [2.24, 2.45) is 0 Å². The standard InChI is InChI=1S/C15H23N3O3S/c1-16-13-7-5-9-18(11-13)22(20,21)14-8-4-6-12(10-14)15(19)17(2)3/h4,6,8,10,13,16H,5,7,9,11H2,1-3H3. The van der Waals surface area contributed by atoms with E-state index in [1.807, 2.05) is 7.05 Å². The molecule has 7 heteroatoms. The van der Waals surface area contributed by atoms with Crippen molar-refractivity contribution < 1.29 is 13.2 Å². The summed E-state index contributed by atoms with van der Waals surface area (Å²) in [6.07, 6.45) is 1.81. The molecule has 0 spiro atoms. The lowest BCUT2D eigenvalue weighted by atomic mass is 10.1. The van der Waals surface area contributed by atoms with E-state index in [0.29, 0.717) is 18.7 Å². The molecule has 1 fully saturated rings. The van der Waals surface area contributed by atoms with E-state index in [0.717, 1.165) is 12.8 Å². The molecule has 0 bridgehead atoms. The number of amides is 1. The molecule has 1 saturated heterocycles. The van der Waals surface area contributed by atoms with Gasteiger partial charge in [0.05, 0.1) is 4.90 Å². The van der Waals surface area contributed by atoms with Crippen LogP contribution in [0.5, 0.6) is 0 Å². The maximum Gasteiger partial charge on any atom is 0.253 e. The average molecular weight is 325 g/mol. The van der Waals surface area contributed by atoms with Crippen LogP contribution in [0.2, 0.25) is 0 Å². The van der Waals surface area contributed by atoms with Gasteiger partial charge in [0.2, 0.25) is 10.0 Å². The first kappa shape index (κ1) is 16.9. The number of piperidine rings is 1. The summed E-state index contributed by atoms with van der Waals surface area (Å²) in [5.41, 5.74) is 0.383. The summed E-state index contributed by atoms with van der Waals surface area (Å²) in [6.45, 7) is 0.983. The van der Waals surface area contributed by atoms with Gasteiger partial charge in [-0.25, -0.2) is 8.42 Å². The maximum absolute atomic E-state index is 12.8. The zero-order valence-electron chi connectivity index (χ0n) is 13.2. The van der Waals surface area contributed by atoms with Crippen molar-refractivity contribution in [3.63, 3.8) is 0 Å². The molecule has 1 heterocycles. The number of nitrogens with zero attached hydrogens (tertiary/aromatic N) is 2. The number of sulfonamides is 1. The molecule has 122 valence electrons. The molecule has 22 heavy (non-hydrogen) atoms.